The van der Waals surface area contributed by atoms with Crippen LogP contribution >= 0.6 is 11.3 Å². The van der Waals surface area contributed by atoms with Crippen molar-refractivity contribution in [3.8, 4) is 0 Å². The van der Waals surface area contributed by atoms with Crippen LogP contribution in [-0.4, -0.2) is 40.3 Å². The van der Waals surface area contributed by atoms with Crippen molar-refractivity contribution >= 4 is 21.4 Å². The topological polar surface area (TPSA) is 67.4 Å². The number of sulfonamides is 1. The molecular formula is C12H20N2O3S2. The van der Waals surface area contributed by atoms with Gasteiger partial charge in [0.05, 0.1) is 6.10 Å². The largest absolute Gasteiger partial charge is 0.377 e. The third-order valence-corrected chi connectivity index (χ3v) is 6.13. The average Bonchev–Trinajstić information content (AvgIpc) is 2.94. The summed E-state index contributed by atoms with van der Waals surface area (Å²) >= 11 is 1.29. The quantitative estimate of drug-likeness (QED) is 0.772. The molecule has 7 heteroatoms. The van der Waals surface area contributed by atoms with Crippen molar-refractivity contribution in [1.29, 1.82) is 0 Å². The van der Waals surface area contributed by atoms with Crippen molar-refractivity contribution in [2.24, 2.45) is 0 Å². The predicted octanol–water partition coefficient (Wildman–Crippen LogP) is 1.10. The Hall–Kier alpha value is -0.470. The van der Waals surface area contributed by atoms with Gasteiger partial charge in [0.1, 0.15) is 4.21 Å². The molecule has 1 aliphatic rings. The summed E-state index contributed by atoms with van der Waals surface area (Å²) in [4.78, 5) is 0.996. The first kappa shape index (κ1) is 14.9. The minimum Gasteiger partial charge on any atom is -0.377 e. The fraction of sp³-hybridized carbons (Fsp3) is 0.667. The lowest BCUT2D eigenvalue weighted by atomic mass is 10.1. The Morgan fingerprint density at radius 1 is 1.42 bits per heavy atom. The van der Waals surface area contributed by atoms with Crippen LogP contribution in [0.25, 0.3) is 0 Å². The van der Waals surface area contributed by atoms with Gasteiger partial charge in [-0.1, -0.05) is 0 Å². The van der Waals surface area contributed by atoms with Crippen LogP contribution in [0, 0.1) is 6.92 Å². The number of nitrogens with one attached hydrogen (secondary N) is 2. The summed E-state index contributed by atoms with van der Waals surface area (Å²) in [5, 5.41) is 3.31. The molecule has 2 N–H and O–H groups in total. The van der Waals surface area contributed by atoms with E-state index in [9.17, 15) is 8.42 Å². The number of thiophene rings is 1. The smallest absolute Gasteiger partial charge is 0.250 e. The summed E-state index contributed by atoms with van der Waals surface area (Å²) in [6.45, 7) is 5.71. The Bertz CT molecular complexity index is 513. The highest BCUT2D eigenvalue weighted by Crippen LogP contribution is 2.20. The Balaban J connectivity index is 1.76. The van der Waals surface area contributed by atoms with Crippen LogP contribution in [-0.2, 0) is 14.8 Å². The van der Waals surface area contributed by atoms with Crippen LogP contribution in [0.5, 0.6) is 0 Å². The van der Waals surface area contributed by atoms with E-state index in [-0.39, 0.29) is 6.10 Å². The van der Waals surface area contributed by atoms with Crippen LogP contribution < -0.4 is 10.0 Å². The molecule has 2 heterocycles. The highest BCUT2D eigenvalue weighted by atomic mass is 32.2. The van der Waals surface area contributed by atoms with E-state index in [1.54, 1.807) is 6.07 Å². The number of rotatable bonds is 6. The van der Waals surface area contributed by atoms with Gasteiger partial charge in [0.25, 0.3) is 0 Å². The predicted molar refractivity (Wildman–Crippen MR) is 76.1 cm³/mol. The molecular weight excluding hydrogens is 284 g/mol. The summed E-state index contributed by atoms with van der Waals surface area (Å²) < 4.78 is 32.3. The lowest BCUT2D eigenvalue weighted by molar-refractivity contribution is 0.113. The Morgan fingerprint density at radius 2 is 2.21 bits per heavy atom. The van der Waals surface area contributed by atoms with Crippen molar-refractivity contribution < 1.29 is 13.2 Å². The van der Waals surface area contributed by atoms with E-state index in [4.69, 9.17) is 4.74 Å². The van der Waals surface area contributed by atoms with Gasteiger partial charge in [-0.2, -0.15) is 0 Å². The second-order valence-corrected chi connectivity index (χ2v) is 7.97. The maximum Gasteiger partial charge on any atom is 0.250 e. The molecule has 0 amide bonds. The molecule has 0 aromatic carbocycles. The van der Waals surface area contributed by atoms with Gasteiger partial charge in [0, 0.05) is 30.6 Å². The second kappa shape index (κ2) is 6.32. The van der Waals surface area contributed by atoms with Gasteiger partial charge in [0.2, 0.25) is 10.0 Å². The highest BCUT2D eigenvalue weighted by Gasteiger charge is 2.23. The van der Waals surface area contributed by atoms with Gasteiger partial charge in [-0.25, -0.2) is 13.1 Å². The van der Waals surface area contributed by atoms with Crippen LogP contribution in [0.4, 0.5) is 0 Å². The van der Waals surface area contributed by atoms with Crippen molar-refractivity contribution in [3.63, 3.8) is 0 Å². The molecule has 0 radical (unpaired) electrons. The Morgan fingerprint density at radius 3 is 2.79 bits per heavy atom. The summed E-state index contributed by atoms with van der Waals surface area (Å²) in [7, 11) is -3.35. The van der Waals surface area contributed by atoms with Gasteiger partial charge in [0.15, 0.2) is 0 Å². The van der Waals surface area contributed by atoms with E-state index in [1.807, 2.05) is 19.9 Å². The first-order valence-corrected chi connectivity index (χ1v) is 8.70. The van der Waals surface area contributed by atoms with Crippen molar-refractivity contribution in [1.82, 2.24) is 10.0 Å². The maximum absolute atomic E-state index is 12.0. The van der Waals surface area contributed by atoms with E-state index < -0.39 is 10.0 Å². The molecule has 2 rings (SSSR count). The molecule has 1 aromatic rings. The lowest BCUT2D eigenvalue weighted by Crippen LogP contribution is -2.40. The third kappa shape index (κ3) is 4.00. The zero-order valence-electron chi connectivity index (χ0n) is 11.2. The molecule has 0 saturated carbocycles. The molecule has 1 aliphatic heterocycles. The summed E-state index contributed by atoms with van der Waals surface area (Å²) in [5.41, 5.74) is 0. The molecule has 2 atom stereocenters. The standard InChI is InChI=1S/C12H20N2O3S2/c1-9-3-4-12(18-9)19(15,16)14-7-6-13-11-5-8-17-10(11)2/h3-4,10-11,13-14H,5-8H2,1-2H3/t10-,11+/m1/s1. The van der Waals surface area contributed by atoms with Gasteiger partial charge in [-0.15, -0.1) is 11.3 Å². The fourth-order valence-corrected chi connectivity index (χ4v) is 4.43. The van der Waals surface area contributed by atoms with E-state index in [2.05, 4.69) is 10.0 Å². The summed E-state index contributed by atoms with van der Waals surface area (Å²) in [5.74, 6) is 0. The van der Waals surface area contributed by atoms with E-state index in [0.29, 0.717) is 23.3 Å². The van der Waals surface area contributed by atoms with Gasteiger partial charge in [-0.3, -0.25) is 0 Å². The molecule has 1 saturated heterocycles. The zero-order chi connectivity index (χ0) is 13.9. The van der Waals surface area contributed by atoms with Crippen molar-refractivity contribution in [2.75, 3.05) is 19.7 Å². The van der Waals surface area contributed by atoms with Crippen molar-refractivity contribution in [2.45, 2.75) is 36.6 Å². The van der Waals surface area contributed by atoms with Gasteiger partial charge >= 0.3 is 0 Å². The molecule has 1 aromatic heterocycles. The van der Waals surface area contributed by atoms with Crippen LogP contribution in [0.3, 0.4) is 0 Å². The monoisotopic (exact) mass is 304 g/mol. The minimum atomic E-state index is -3.35. The van der Waals surface area contributed by atoms with Crippen LogP contribution in [0.2, 0.25) is 0 Å². The molecule has 1 fully saturated rings. The average molecular weight is 304 g/mol. The second-order valence-electron chi connectivity index (χ2n) is 4.69. The molecule has 0 unspecified atom stereocenters. The van der Waals surface area contributed by atoms with Crippen LogP contribution in [0.1, 0.15) is 18.2 Å². The zero-order valence-corrected chi connectivity index (χ0v) is 12.8. The van der Waals surface area contributed by atoms with Gasteiger partial charge in [-0.05, 0) is 32.4 Å². The molecule has 5 nitrogen and oxygen atoms in total. The molecule has 0 bridgehead atoms. The van der Waals surface area contributed by atoms with E-state index in [0.717, 1.165) is 17.9 Å². The molecule has 0 spiro atoms. The summed E-state index contributed by atoms with van der Waals surface area (Å²) in [6.07, 6.45) is 1.19. The minimum absolute atomic E-state index is 0.205. The number of ether oxygens (including phenoxy) is 1. The Kier molecular flexibility index (Phi) is 4.97. The number of hydrogen-bond acceptors (Lipinski definition) is 5. The first-order valence-electron chi connectivity index (χ1n) is 6.40. The Labute approximate surface area is 118 Å². The fourth-order valence-electron chi connectivity index (χ4n) is 2.07. The number of hydrogen-bond donors (Lipinski definition) is 2. The highest BCUT2D eigenvalue weighted by molar-refractivity contribution is 7.91. The summed E-state index contributed by atoms with van der Waals surface area (Å²) in [6, 6.07) is 3.78. The maximum atomic E-state index is 12.0. The van der Waals surface area contributed by atoms with E-state index >= 15 is 0 Å². The molecule has 19 heavy (non-hydrogen) atoms. The third-order valence-electron chi connectivity index (χ3n) is 3.18. The van der Waals surface area contributed by atoms with Crippen LogP contribution in [0.15, 0.2) is 16.3 Å². The molecule has 108 valence electrons. The lowest BCUT2D eigenvalue weighted by Gasteiger charge is -2.15. The SMILES string of the molecule is Cc1ccc(S(=O)(=O)NCCN[C@H]2CCO[C@@H]2C)s1. The van der Waals surface area contributed by atoms with Crippen molar-refractivity contribution in [3.05, 3.63) is 17.0 Å². The molecule has 0 aliphatic carbocycles. The number of aryl methyl sites for hydroxylation is 1. The van der Waals surface area contributed by atoms with E-state index in [1.165, 1.54) is 11.3 Å². The first-order chi connectivity index (χ1) is 8.99. The normalized spacial score (nSPS) is 23.9. The van der Waals surface area contributed by atoms with Gasteiger partial charge < -0.3 is 10.1 Å².